The van der Waals surface area contributed by atoms with Crippen LogP contribution in [0.15, 0.2) is 177 Å². The van der Waals surface area contributed by atoms with E-state index in [4.69, 9.17) is 0 Å². The van der Waals surface area contributed by atoms with Crippen LogP contribution >= 0.6 is 0 Å². The lowest BCUT2D eigenvalue weighted by Gasteiger charge is -2.24. The minimum atomic E-state index is -5.14. The average Bonchev–Trinajstić information content (AvgIpc) is 3.88. The number of hydrogen-bond acceptors (Lipinski definition) is 8. The third-order valence-electron chi connectivity index (χ3n) is 12.0. The van der Waals surface area contributed by atoms with Crippen LogP contribution in [0.3, 0.4) is 0 Å². The van der Waals surface area contributed by atoms with E-state index < -0.39 is 34.6 Å². The summed E-state index contributed by atoms with van der Waals surface area (Å²) in [4.78, 5) is 35.5. The van der Waals surface area contributed by atoms with Crippen LogP contribution in [0, 0.1) is 11.6 Å². The van der Waals surface area contributed by atoms with Crippen molar-refractivity contribution in [2.45, 2.75) is 6.18 Å². The molecule has 0 bridgehead atoms. The predicted molar refractivity (Wildman–Crippen MR) is 250 cm³/mol. The molecule has 0 aliphatic heterocycles. The van der Waals surface area contributed by atoms with Gasteiger partial charge in [-0.3, -0.25) is 0 Å². The van der Waals surface area contributed by atoms with Crippen LogP contribution in [0.5, 0.6) is 0 Å². The number of hydrogen-bond donors (Lipinski definition) is 0. The largest absolute Gasteiger partial charge is 0.420 e. The van der Waals surface area contributed by atoms with Crippen LogP contribution in [-0.4, -0.2) is 49.0 Å². The first kappa shape index (κ1) is 40.4. The normalized spacial score (nSPS) is 11.9. The second-order valence-electron chi connectivity index (χ2n) is 15.8. The van der Waals surface area contributed by atoms with Gasteiger partial charge in [-0.2, -0.15) is 13.2 Å². The maximum absolute atomic E-state index is 16.9. The van der Waals surface area contributed by atoms with Gasteiger partial charge in [-0.25, -0.2) is 48.7 Å². The van der Waals surface area contributed by atoms with Gasteiger partial charge in [0.1, 0.15) is 17.2 Å². The molecular weight excluding hydrogens is 872 g/mol. The van der Waals surface area contributed by atoms with Gasteiger partial charge >= 0.3 is 6.18 Å². The van der Waals surface area contributed by atoms with Crippen molar-refractivity contribution in [2.24, 2.45) is 0 Å². The topological polar surface area (TPSA) is 113 Å². The van der Waals surface area contributed by atoms with Crippen molar-refractivity contribution in [1.29, 1.82) is 0 Å². The van der Waals surface area contributed by atoms with E-state index in [-0.39, 0.29) is 11.3 Å². The minimum absolute atomic E-state index is 0.293. The summed E-state index contributed by atoms with van der Waals surface area (Å²) < 4.78 is 86.0. The van der Waals surface area contributed by atoms with Gasteiger partial charge in [0, 0.05) is 98.9 Å². The van der Waals surface area contributed by atoms with Crippen LogP contribution in [0.1, 0.15) is 5.56 Å². The quantitative estimate of drug-likeness (QED) is 0.145. The van der Waals surface area contributed by atoms with Crippen molar-refractivity contribution in [3.05, 3.63) is 194 Å². The summed E-state index contributed by atoms with van der Waals surface area (Å²) in [5.41, 5.74) is 1.01. The van der Waals surface area contributed by atoms with Crippen molar-refractivity contribution in [2.75, 3.05) is 0 Å². The van der Waals surface area contributed by atoms with Gasteiger partial charge in [0.2, 0.25) is 0 Å². The molecule has 0 atom stereocenters. The third-order valence-corrected chi connectivity index (χ3v) is 12.0. The van der Waals surface area contributed by atoms with Gasteiger partial charge in [0.25, 0.3) is 0 Å². The summed E-state index contributed by atoms with van der Waals surface area (Å²) in [5, 5.41) is 2.21. The fraction of sp³-hybridized carbons (Fsp3) is 0.0189. The SMILES string of the molecule is Fc1cccc(F)c1-c1ccc(-n2c3ccc(-c4ncccn4)cc3c3cc(-c4ncccn4)ccc32)c(C(F)(F)F)c1-n1c2ccc(-c3ncccn3)cc2c2cc(-c3ncccn3)ccc21. The second-order valence-corrected chi connectivity index (χ2v) is 15.8. The molecule has 68 heavy (non-hydrogen) atoms. The molecule has 12 aromatic rings. The molecule has 0 saturated heterocycles. The molecule has 6 aromatic heterocycles. The Bertz CT molecular complexity index is 3700. The maximum atomic E-state index is 16.9. The summed E-state index contributed by atoms with van der Waals surface area (Å²) in [6.45, 7) is 0. The number of halogens is 5. The van der Waals surface area contributed by atoms with E-state index in [0.29, 0.717) is 89.2 Å². The van der Waals surface area contributed by atoms with E-state index in [0.717, 1.165) is 12.1 Å². The van der Waals surface area contributed by atoms with Crippen LogP contribution in [-0.2, 0) is 6.18 Å². The minimum Gasteiger partial charge on any atom is -0.309 e. The third kappa shape index (κ3) is 6.62. The molecule has 6 aromatic carbocycles. The molecular formula is C53H29F5N10. The molecule has 0 aliphatic carbocycles. The van der Waals surface area contributed by atoms with Crippen LogP contribution in [0.2, 0.25) is 0 Å². The fourth-order valence-electron chi connectivity index (χ4n) is 9.13. The molecule has 0 saturated carbocycles. The summed E-state index contributed by atoms with van der Waals surface area (Å²) in [7, 11) is 0. The highest BCUT2D eigenvalue weighted by Gasteiger charge is 2.41. The molecule has 0 unspecified atom stereocenters. The monoisotopic (exact) mass is 900 g/mol. The van der Waals surface area contributed by atoms with Crippen molar-refractivity contribution >= 4 is 43.6 Å². The standard InChI is InChI=1S/C53H29F5N10/c54-39-6-1-7-40(55)46(39)34-12-17-45(67-41-13-8-30(49-59-18-2-19-60-49)26-35(41)36-27-31(9-14-42(36)67)50-61-20-3-21-62-50)47(53(56,57)58)48(34)68-43-15-10-32(51-63-22-4-23-64-51)28-37(43)38-29-33(11-16-44(38)68)52-65-24-5-25-66-52/h1-29H. The number of alkyl halides is 3. The number of benzene rings is 6. The molecule has 326 valence electrons. The molecule has 0 spiro atoms. The fourth-order valence-corrected chi connectivity index (χ4v) is 9.13. The second kappa shape index (κ2) is 15.8. The van der Waals surface area contributed by atoms with Crippen LogP contribution in [0.25, 0.3) is 112 Å². The first-order chi connectivity index (χ1) is 33.2. The number of rotatable bonds is 7. The zero-order valence-electron chi connectivity index (χ0n) is 35.1. The van der Waals surface area contributed by atoms with Crippen LogP contribution < -0.4 is 0 Å². The smallest absolute Gasteiger partial charge is 0.309 e. The molecule has 0 amide bonds. The van der Waals surface area contributed by atoms with Crippen molar-refractivity contribution in [1.82, 2.24) is 49.0 Å². The molecule has 6 heterocycles. The van der Waals surface area contributed by atoms with Crippen molar-refractivity contribution in [3.63, 3.8) is 0 Å². The lowest BCUT2D eigenvalue weighted by atomic mass is 9.96. The zero-order valence-corrected chi connectivity index (χ0v) is 35.1. The number of fused-ring (bicyclic) bond motifs is 6. The Labute approximate surface area is 381 Å². The predicted octanol–water partition coefficient (Wildman–Crippen LogP) is 12.7. The Morgan fingerprint density at radius 1 is 0.368 bits per heavy atom. The Balaban J connectivity index is 1.22. The number of nitrogens with zero attached hydrogens (tertiary/aromatic N) is 10. The van der Waals surface area contributed by atoms with E-state index in [1.165, 1.54) is 27.3 Å². The maximum Gasteiger partial charge on any atom is 0.420 e. The molecule has 12 rings (SSSR count). The van der Waals surface area contributed by atoms with E-state index in [9.17, 15) is 0 Å². The average molecular weight is 901 g/mol. The van der Waals surface area contributed by atoms with E-state index in [1.54, 1.807) is 135 Å². The lowest BCUT2D eigenvalue weighted by Crippen LogP contribution is -2.17. The zero-order chi connectivity index (χ0) is 46.1. The van der Waals surface area contributed by atoms with Gasteiger partial charge in [-0.1, -0.05) is 6.07 Å². The van der Waals surface area contributed by atoms with E-state index in [1.807, 2.05) is 12.1 Å². The van der Waals surface area contributed by atoms with Crippen molar-refractivity contribution in [3.8, 4) is 68.1 Å². The summed E-state index contributed by atoms with van der Waals surface area (Å²) >= 11 is 0. The summed E-state index contributed by atoms with van der Waals surface area (Å²) in [5.74, 6) is -0.461. The Hall–Kier alpha value is -9.11. The van der Waals surface area contributed by atoms with E-state index >= 15 is 22.0 Å². The summed E-state index contributed by atoms with van der Waals surface area (Å²) in [6.07, 6.45) is 7.68. The van der Waals surface area contributed by atoms with E-state index in [2.05, 4.69) is 39.9 Å². The van der Waals surface area contributed by atoms with Gasteiger partial charge in [0.05, 0.1) is 39.0 Å². The highest BCUT2D eigenvalue weighted by Crippen LogP contribution is 2.49. The Morgan fingerprint density at radius 2 is 0.706 bits per heavy atom. The molecule has 10 nitrogen and oxygen atoms in total. The van der Waals surface area contributed by atoms with Crippen molar-refractivity contribution < 1.29 is 22.0 Å². The van der Waals surface area contributed by atoms with Gasteiger partial charge in [0.15, 0.2) is 23.3 Å². The Morgan fingerprint density at radius 3 is 1.04 bits per heavy atom. The number of aromatic nitrogens is 10. The van der Waals surface area contributed by atoms with Gasteiger partial charge in [-0.15, -0.1) is 0 Å². The highest BCUT2D eigenvalue weighted by molar-refractivity contribution is 6.13. The van der Waals surface area contributed by atoms with Gasteiger partial charge < -0.3 is 9.13 Å². The van der Waals surface area contributed by atoms with Crippen LogP contribution in [0.4, 0.5) is 22.0 Å². The first-order valence-corrected chi connectivity index (χ1v) is 21.2. The van der Waals surface area contributed by atoms with Gasteiger partial charge in [-0.05, 0) is 121 Å². The molecule has 15 heteroatoms. The summed E-state index contributed by atoms with van der Waals surface area (Å²) in [6, 6.07) is 33.6. The lowest BCUT2D eigenvalue weighted by molar-refractivity contribution is -0.137. The molecule has 0 radical (unpaired) electrons. The molecule has 0 fully saturated rings. The molecule has 0 aliphatic rings. The molecule has 0 N–H and O–H groups in total. The first-order valence-electron chi connectivity index (χ1n) is 21.2. The Kier molecular flexibility index (Phi) is 9.39. The highest BCUT2D eigenvalue weighted by atomic mass is 19.4.